The van der Waals surface area contributed by atoms with E-state index in [-0.39, 0.29) is 5.56 Å². The lowest BCUT2D eigenvalue weighted by molar-refractivity contribution is 0.0696. The van der Waals surface area contributed by atoms with Crippen molar-refractivity contribution >= 4 is 5.97 Å². The summed E-state index contributed by atoms with van der Waals surface area (Å²) < 4.78 is 5.08. The first-order valence-corrected chi connectivity index (χ1v) is 6.31. The number of aromatic carboxylic acids is 1. The van der Waals surface area contributed by atoms with Crippen LogP contribution in [-0.4, -0.2) is 28.2 Å². The zero-order chi connectivity index (χ0) is 14.7. The van der Waals surface area contributed by atoms with Crippen LogP contribution < -0.4 is 4.74 Å². The Balaban J connectivity index is 2.60. The van der Waals surface area contributed by atoms with Crippen LogP contribution in [-0.2, 0) is 6.42 Å². The lowest BCUT2D eigenvalue weighted by Gasteiger charge is -2.11. The average Bonchev–Trinajstić information content (AvgIpc) is 2.46. The molecule has 0 radical (unpaired) electrons. The zero-order valence-electron chi connectivity index (χ0n) is 11.7. The predicted molar refractivity (Wildman–Crippen MR) is 75.1 cm³/mol. The summed E-state index contributed by atoms with van der Waals surface area (Å²) in [5.41, 5.74) is 3.49. The Morgan fingerprint density at radius 3 is 2.65 bits per heavy atom. The minimum atomic E-state index is -0.986. The fraction of sp³-hybridized carbons (Fsp3) is 0.267. The number of hydrogen-bond donors (Lipinski definition) is 1. The summed E-state index contributed by atoms with van der Waals surface area (Å²) in [5.74, 6) is -0.452. The second kappa shape index (κ2) is 5.69. The van der Waals surface area contributed by atoms with Crippen molar-refractivity contribution in [1.82, 2.24) is 9.97 Å². The number of carbonyl (C=O) groups is 1. The molecule has 5 nitrogen and oxygen atoms in total. The van der Waals surface area contributed by atoms with E-state index in [0.717, 1.165) is 28.9 Å². The van der Waals surface area contributed by atoms with Gasteiger partial charge in [0.1, 0.15) is 0 Å². The Kier molecular flexibility index (Phi) is 3.98. The monoisotopic (exact) mass is 272 g/mol. The maximum Gasteiger partial charge on any atom is 0.337 e. The Morgan fingerprint density at radius 2 is 2.10 bits per heavy atom. The number of aromatic nitrogens is 2. The van der Waals surface area contributed by atoms with Gasteiger partial charge in [-0.15, -0.1) is 0 Å². The second-order valence-electron chi connectivity index (χ2n) is 4.36. The van der Waals surface area contributed by atoms with Crippen LogP contribution in [0.3, 0.4) is 0 Å². The van der Waals surface area contributed by atoms with Crippen LogP contribution >= 0.6 is 0 Å². The van der Waals surface area contributed by atoms with E-state index in [1.54, 1.807) is 19.2 Å². The topological polar surface area (TPSA) is 72.3 Å². The van der Waals surface area contributed by atoms with Gasteiger partial charge in [-0.3, -0.25) is 4.98 Å². The molecule has 0 amide bonds. The quantitative estimate of drug-likeness (QED) is 0.926. The number of carboxylic acid groups (broad SMARTS) is 1. The molecule has 0 spiro atoms. The number of ether oxygens (including phenoxy) is 1. The van der Waals surface area contributed by atoms with E-state index in [1.807, 2.05) is 19.9 Å². The lowest BCUT2D eigenvalue weighted by Crippen LogP contribution is -2.02. The molecule has 2 aromatic heterocycles. The van der Waals surface area contributed by atoms with Crippen LogP contribution in [0.1, 0.15) is 28.7 Å². The van der Waals surface area contributed by atoms with Crippen molar-refractivity contribution in [2.75, 3.05) is 7.11 Å². The molecule has 0 saturated carbocycles. The molecule has 0 aromatic carbocycles. The lowest BCUT2D eigenvalue weighted by atomic mass is 10.00. The van der Waals surface area contributed by atoms with E-state index >= 15 is 0 Å². The van der Waals surface area contributed by atoms with E-state index in [9.17, 15) is 4.79 Å². The number of pyridine rings is 2. The maximum absolute atomic E-state index is 11.1. The molecular weight excluding hydrogens is 256 g/mol. The van der Waals surface area contributed by atoms with Crippen molar-refractivity contribution in [3.05, 3.63) is 41.3 Å². The highest BCUT2D eigenvalue weighted by Gasteiger charge is 2.13. The van der Waals surface area contributed by atoms with E-state index in [0.29, 0.717) is 5.88 Å². The van der Waals surface area contributed by atoms with Crippen LogP contribution in [0, 0.1) is 6.92 Å². The van der Waals surface area contributed by atoms with Gasteiger partial charge in [0.25, 0.3) is 0 Å². The SMILES string of the molecule is CCc1ncc(C(=O)O)cc1-c1ccc(OC)nc1C. The minimum absolute atomic E-state index is 0.174. The summed E-state index contributed by atoms with van der Waals surface area (Å²) in [4.78, 5) is 19.7. The highest BCUT2D eigenvalue weighted by Crippen LogP contribution is 2.27. The van der Waals surface area contributed by atoms with Crippen molar-refractivity contribution in [2.45, 2.75) is 20.3 Å². The second-order valence-corrected chi connectivity index (χ2v) is 4.36. The maximum atomic E-state index is 11.1. The molecule has 5 heteroatoms. The van der Waals surface area contributed by atoms with Gasteiger partial charge in [0.2, 0.25) is 5.88 Å². The molecular formula is C15H16N2O3. The summed E-state index contributed by atoms with van der Waals surface area (Å²) >= 11 is 0. The fourth-order valence-corrected chi connectivity index (χ4v) is 2.06. The third kappa shape index (κ3) is 2.61. The van der Waals surface area contributed by atoms with Crippen LogP contribution in [0.4, 0.5) is 0 Å². The van der Waals surface area contributed by atoms with Gasteiger partial charge in [0, 0.05) is 34.8 Å². The highest BCUT2D eigenvalue weighted by molar-refractivity contribution is 5.89. The first-order valence-electron chi connectivity index (χ1n) is 6.31. The van der Waals surface area contributed by atoms with Gasteiger partial charge in [-0.1, -0.05) is 6.92 Å². The van der Waals surface area contributed by atoms with E-state index in [4.69, 9.17) is 9.84 Å². The van der Waals surface area contributed by atoms with Crippen LogP contribution in [0.2, 0.25) is 0 Å². The number of carboxylic acids is 1. The number of methoxy groups -OCH3 is 1. The molecule has 2 rings (SSSR count). The molecule has 0 unspecified atom stereocenters. The number of rotatable bonds is 4. The molecule has 0 aliphatic rings. The van der Waals surface area contributed by atoms with E-state index < -0.39 is 5.97 Å². The first kappa shape index (κ1) is 14.0. The zero-order valence-corrected chi connectivity index (χ0v) is 11.7. The molecule has 0 atom stereocenters. The number of nitrogens with zero attached hydrogens (tertiary/aromatic N) is 2. The number of aryl methyl sites for hydroxylation is 2. The molecule has 0 fully saturated rings. The summed E-state index contributed by atoms with van der Waals surface area (Å²) in [6.07, 6.45) is 2.11. The van der Waals surface area contributed by atoms with E-state index in [1.165, 1.54) is 6.20 Å². The van der Waals surface area contributed by atoms with Crippen LogP contribution in [0.5, 0.6) is 5.88 Å². The van der Waals surface area contributed by atoms with Crippen molar-refractivity contribution < 1.29 is 14.6 Å². The summed E-state index contributed by atoms with van der Waals surface area (Å²) in [7, 11) is 1.56. The number of hydrogen-bond acceptors (Lipinski definition) is 4. The first-order chi connectivity index (χ1) is 9.56. The summed E-state index contributed by atoms with van der Waals surface area (Å²) in [5, 5.41) is 9.10. The molecule has 104 valence electrons. The van der Waals surface area contributed by atoms with Crippen molar-refractivity contribution in [2.24, 2.45) is 0 Å². The Labute approximate surface area is 117 Å². The molecule has 20 heavy (non-hydrogen) atoms. The molecule has 0 bridgehead atoms. The van der Waals surface area contributed by atoms with Crippen molar-refractivity contribution in [1.29, 1.82) is 0 Å². The minimum Gasteiger partial charge on any atom is -0.481 e. The third-order valence-corrected chi connectivity index (χ3v) is 3.11. The van der Waals surface area contributed by atoms with Crippen molar-refractivity contribution in [3.8, 4) is 17.0 Å². The normalized spacial score (nSPS) is 10.3. The van der Waals surface area contributed by atoms with Gasteiger partial charge >= 0.3 is 5.97 Å². The predicted octanol–water partition coefficient (Wildman–Crippen LogP) is 2.72. The fourth-order valence-electron chi connectivity index (χ4n) is 2.06. The molecule has 0 aliphatic carbocycles. The Bertz CT molecular complexity index is 654. The Hall–Kier alpha value is -2.43. The van der Waals surface area contributed by atoms with Gasteiger partial charge in [0.05, 0.1) is 12.7 Å². The van der Waals surface area contributed by atoms with Gasteiger partial charge < -0.3 is 9.84 Å². The van der Waals surface area contributed by atoms with E-state index in [2.05, 4.69) is 9.97 Å². The molecule has 0 saturated heterocycles. The van der Waals surface area contributed by atoms with Gasteiger partial charge in [-0.25, -0.2) is 9.78 Å². The highest BCUT2D eigenvalue weighted by atomic mass is 16.5. The molecule has 2 aromatic rings. The van der Waals surface area contributed by atoms with Crippen molar-refractivity contribution in [3.63, 3.8) is 0 Å². The third-order valence-electron chi connectivity index (χ3n) is 3.11. The largest absolute Gasteiger partial charge is 0.481 e. The smallest absolute Gasteiger partial charge is 0.337 e. The molecule has 0 aliphatic heterocycles. The summed E-state index contributed by atoms with van der Waals surface area (Å²) in [6, 6.07) is 5.28. The van der Waals surface area contributed by atoms with Crippen LogP contribution in [0.15, 0.2) is 24.4 Å². The Morgan fingerprint density at radius 1 is 1.35 bits per heavy atom. The average molecular weight is 272 g/mol. The molecule has 2 heterocycles. The van der Waals surface area contributed by atoms with Crippen LogP contribution in [0.25, 0.3) is 11.1 Å². The van der Waals surface area contributed by atoms with Gasteiger partial charge in [-0.2, -0.15) is 0 Å². The van der Waals surface area contributed by atoms with Gasteiger partial charge in [0.15, 0.2) is 0 Å². The molecule has 1 N–H and O–H groups in total. The summed E-state index contributed by atoms with van der Waals surface area (Å²) in [6.45, 7) is 3.85. The standard InChI is InChI=1S/C15H16N2O3/c1-4-13-12(7-10(8-16-13)15(18)19)11-5-6-14(20-3)17-9(11)2/h5-8H,4H2,1-3H3,(H,18,19). The van der Waals surface area contributed by atoms with Gasteiger partial charge in [-0.05, 0) is 25.5 Å².